The van der Waals surface area contributed by atoms with Crippen LogP contribution in [0.3, 0.4) is 0 Å². The second-order valence-corrected chi connectivity index (χ2v) is 6.73. The van der Waals surface area contributed by atoms with Gasteiger partial charge >= 0.3 is 11.1 Å². The number of nitrogens with zero attached hydrogens (tertiary/aromatic N) is 3. The Morgan fingerprint density at radius 2 is 1.76 bits per heavy atom. The molecule has 2 heterocycles. The highest BCUT2D eigenvalue weighted by molar-refractivity contribution is 5.53. The minimum Gasteiger partial charge on any atom is -0.441 e. The molecule has 0 bridgehead atoms. The third-order valence-electron chi connectivity index (χ3n) is 4.72. The fourth-order valence-electron chi connectivity index (χ4n) is 3.11. The number of aromatic nitrogens is 3. The van der Waals surface area contributed by atoms with Gasteiger partial charge in [0.25, 0.3) is 0 Å². The molecule has 7 heteroatoms. The molecular formula is C22H18FN3O3. The second kappa shape index (κ2) is 7.35. The van der Waals surface area contributed by atoms with Crippen LogP contribution in [0.1, 0.15) is 17.0 Å². The lowest BCUT2D eigenvalue weighted by Crippen LogP contribution is -2.40. The minimum absolute atomic E-state index is 0.0964. The van der Waals surface area contributed by atoms with Crippen molar-refractivity contribution in [3.05, 3.63) is 104 Å². The van der Waals surface area contributed by atoms with Crippen LogP contribution in [0.15, 0.2) is 74.9 Å². The smallest absolute Gasteiger partial charge is 0.320 e. The lowest BCUT2D eigenvalue weighted by atomic mass is 10.2. The van der Waals surface area contributed by atoms with Crippen LogP contribution in [0.25, 0.3) is 17.1 Å². The molecule has 0 unspecified atom stereocenters. The zero-order chi connectivity index (χ0) is 20.5. The van der Waals surface area contributed by atoms with Crippen LogP contribution < -0.4 is 11.1 Å². The maximum atomic E-state index is 13.6. The maximum Gasteiger partial charge on any atom is 0.320 e. The van der Waals surface area contributed by atoms with E-state index in [0.717, 1.165) is 10.1 Å². The molecule has 4 aromatic rings. The molecule has 2 aromatic heterocycles. The van der Waals surface area contributed by atoms with Gasteiger partial charge in [-0.1, -0.05) is 24.3 Å². The molecule has 4 rings (SSSR count). The molecule has 0 amide bonds. The first-order valence-corrected chi connectivity index (χ1v) is 9.04. The monoisotopic (exact) mass is 391 g/mol. The molecule has 0 saturated carbocycles. The zero-order valence-corrected chi connectivity index (χ0v) is 15.9. The molecule has 0 N–H and O–H groups in total. The molecule has 146 valence electrons. The minimum atomic E-state index is -0.759. The van der Waals surface area contributed by atoms with Gasteiger partial charge in [-0.05, 0) is 43.7 Å². The molecule has 0 saturated heterocycles. The first kappa shape index (κ1) is 18.6. The van der Waals surface area contributed by atoms with Gasteiger partial charge in [0.1, 0.15) is 17.3 Å². The number of benzene rings is 2. The van der Waals surface area contributed by atoms with E-state index in [4.69, 9.17) is 4.42 Å². The van der Waals surface area contributed by atoms with Crippen LogP contribution in [0.4, 0.5) is 4.39 Å². The van der Waals surface area contributed by atoms with E-state index in [1.54, 1.807) is 19.9 Å². The molecule has 0 aliphatic rings. The van der Waals surface area contributed by atoms with Crippen LogP contribution in [-0.2, 0) is 6.54 Å². The van der Waals surface area contributed by atoms with Gasteiger partial charge in [0.05, 0.1) is 12.2 Å². The summed E-state index contributed by atoms with van der Waals surface area (Å²) in [7, 11) is 0. The normalized spacial score (nSPS) is 11.0. The van der Waals surface area contributed by atoms with Crippen LogP contribution in [0, 0.1) is 19.7 Å². The van der Waals surface area contributed by atoms with E-state index in [9.17, 15) is 14.0 Å². The molecule has 0 spiro atoms. The standard InChI is InChI=1S/C22H18FN3O3/c1-14-8-9-17(23)12-19(14)26-11-10-25(21(27)22(26)28)13-18-15(2)29-20(24-18)16-6-4-3-5-7-16/h3-12H,13H2,1-2H3. The van der Waals surface area contributed by atoms with Crippen molar-refractivity contribution in [2.75, 3.05) is 0 Å². The SMILES string of the molecule is Cc1ccc(F)cc1-n1ccn(Cc2nc(-c3ccccc3)oc2C)c(=O)c1=O. The molecule has 6 nitrogen and oxygen atoms in total. The van der Waals surface area contributed by atoms with E-state index in [-0.39, 0.29) is 6.54 Å². The number of rotatable bonds is 4. The third kappa shape index (κ3) is 3.54. The van der Waals surface area contributed by atoms with Crippen molar-refractivity contribution in [1.29, 1.82) is 0 Å². The Hall–Kier alpha value is -3.74. The lowest BCUT2D eigenvalue weighted by Gasteiger charge is -2.10. The highest BCUT2D eigenvalue weighted by Gasteiger charge is 2.15. The molecular weight excluding hydrogens is 373 g/mol. The van der Waals surface area contributed by atoms with Crippen molar-refractivity contribution in [2.45, 2.75) is 20.4 Å². The predicted octanol–water partition coefficient (Wildman–Crippen LogP) is 3.46. The Kier molecular flexibility index (Phi) is 4.72. The summed E-state index contributed by atoms with van der Waals surface area (Å²) in [4.78, 5) is 29.7. The average molecular weight is 391 g/mol. The Bertz CT molecular complexity index is 1300. The van der Waals surface area contributed by atoms with Crippen LogP contribution >= 0.6 is 0 Å². The van der Waals surface area contributed by atoms with E-state index < -0.39 is 16.9 Å². The van der Waals surface area contributed by atoms with Gasteiger partial charge in [0, 0.05) is 18.0 Å². The fraction of sp³-hybridized carbons (Fsp3) is 0.136. The zero-order valence-electron chi connectivity index (χ0n) is 15.9. The molecule has 0 fully saturated rings. The highest BCUT2D eigenvalue weighted by Crippen LogP contribution is 2.21. The summed E-state index contributed by atoms with van der Waals surface area (Å²) in [6.45, 7) is 3.60. The van der Waals surface area contributed by atoms with Gasteiger partial charge in [-0.2, -0.15) is 0 Å². The van der Waals surface area contributed by atoms with Crippen molar-refractivity contribution >= 4 is 0 Å². The summed E-state index contributed by atoms with van der Waals surface area (Å²) in [5, 5.41) is 0. The number of aryl methyl sites for hydroxylation is 2. The van der Waals surface area contributed by atoms with E-state index in [2.05, 4.69) is 4.98 Å². The summed E-state index contributed by atoms with van der Waals surface area (Å²) >= 11 is 0. The van der Waals surface area contributed by atoms with Gasteiger partial charge in [-0.15, -0.1) is 0 Å². The summed E-state index contributed by atoms with van der Waals surface area (Å²) in [6.07, 6.45) is 2.95. The highest BCUT2D eigenvalue weighted by atomic mass is 19.1. The number of hydrogen-bond acceptors (Lipinski definition) is 4. The average Bonchev–Trinajstić information content (AvgIpc) is 3.09. The molecule has 0 atom stereocenters. The maximum absolute atomic E-state index is 13.6. The lowest BCUT2D eigenvalue weighted by molar-refractivity contribution is 0.537. The molecule has 0 aliphatic heterocycles. The van der Waals surface area contributed by atoms with Crippen molar-refractivity contribution in [2.24, 2.45) is 0 Å². The summed E-state index contributed by atoms with van der Waals surface area (Å²) < 4.78 is 21.7. The molecule has 0 aliphatic carbocycles. The van der Waals surface area contributed by atoms with Crippen LogP contribution in [-0.4, -0.2) is 14.1 Å². The Morgan fingerprint density at radius 1 is 1.00 bits per heavy atom. The van der Waals surface area contributed by atoms with Crippen molar-refractivity contribution in [1.82, 2.24) is 14.1 Å². The van der Waals surface area contributed by atoms with Crippen LogP contribution in [0.2, 0.25) is 0 Å². The second-order valence-electron chi connectivity index (χ2n) is 6.73. The Labute approximate surface area is 165 Å². The number of hydrogen-bond donors (Lipinski definition) is 0. The number of oxazole rings is 1. The third-order valence-corrected chi connectivity index (χ3v) is 4.72. The molecule has 2 aromatic carbocycles. The summed E-state index contributed by atoms with van der Waals surface area (Å²) in [5.41, 5.74) is 0.926. The van der Waals surface area contributed by atoms with E-state index in [1.165, 1.54) is 29.1 Å². The van der Waals surface area contributed by atoms with Gasteiger partial charge in [-0.25, -0.2) is 9.37 Å². The Morgan fingerprint density at radius 3 is 2.52 bits per heavy atom. The first-order chi connectivity index (χ1) is 13.9. The van der Waals surface area contributed by atoms with Crippen molar-refractivity contribution in [3.8, 4) is 17.1 Å². The van der Waals surface area contributed by atoms with E-state index >= 15 is 0 Å². The number of halogens is 1. The van der Waals surface area contributed by atoms with Gasteiger partial charge < -0.3 is 8.98 Å². The first-order valence-electron chi connectivity index (χ1n) is 9.04. The van der Waals surface area contributed by atoms with Crippen LogP contribution in [0.5, 0.6) is 0 Å². The Balaban J connectivity index is 1.70. The predicted molar refractivity (Wildman–Crippen MR) is 107 cm³/mol. The topological polar surface area (TPSA) is 70.0 Å². The fourth-order valence-corrected chi connectivity index (χ4v) is 3.11. The van der Waals surface area contributed by atoms with Crippen molar-refractivity contribution in [3.63, 3.8) is 0 Å². The molecule has 0 radical (unpaired) electrons. The molecule has 29 heavy (non-hydrogen) atoms. The largest absolute Gasteiger partial charge is 0.441 e. The van der Waals surface area contributed by atoms with E-state index in [1.807, 2.05) is 30.3 Å². The summed E-state index contributed by atoms with van der Waals surface area (Å²) in [5.74, 6) is 0.545. The van der Waals surface area contributed by atoms with Gasteiger partial charge in [0.15, 0.2) is 0 Å². The van der Waals surface area contributed by atoms with Crippen molar-refractivity contribution < 1.29 is 8.81 Å². The summed E-state index contributed by atoms with van der Waals surface area (Å²) in [6, 6.07) is 13.5. The van der Waals surface area contributed by atoms with Gasteiger partial charge in [0.2, 0.25) is 5.89 Å². The van der Waals surface area contributed by atoms with Gasteiger partial charge in [-0.3, -0.25) is 14.2 Å². The van der Waals surface area contributed by atoms with E-state index in [0.29, 0.717) is 28.6 Å². The quantitative estimate of drug-likeness (QED) is 0.500.